The van der Waals surface area contributed by atoms with Crippen molar-refractivity contribution in [2.24, 2.45) is 5.92 Å². The number of amides is 2. The number of rotatable bonds is 2. The fourth-order valence-corrected chi connectivity index (χ4v) is 5.08. The third-order valence-electron chi connectivity index (χ3n) is 6.89. The minimum atomic E-state index is -1.07. The van der Waals surface area contributed by atoms with Gasteiger partial charge in [0, 0.05) is 19.4 Å². The van der Waals surface area contributed by atoms with Crippen molar-refractivity contribution in [2.45, 2.75) is 102 Å². The summed E-state index contributed by atoms with van der Waals surface area (Å²) in [5, 5.41) is 15.5. The number of carboxylic acids is 1. The Kier molecular flexibility index (Phi) is 8.91. The van der Waals surface area contributed by atoms with E-state index in [2.05, 4.69) is 10.6 Å². The van der Waals surface area contributed by atoms with E-state index in [1.807, 2.05) is 25.2 Å². The predicted octanol–water partition coefficient (Wildman–Crippen LogP) is 3.64. The largest absolute Gasteiger partial charge is 0.480 e. The second-order valence-corrected chi connectivity index (χ2v) is 9.73. The van der Waals surface area contributed by atoms with Crippen molar-refractivity contribution < 1.29 is 24.2 Å². The Labute approximate surface area is 191 Å². The van der Waals surface area contributed by atoms with E-state index < -0.39 is 23.7 Å². The van der Waals surface area contributed by atoms with Gasteiger partial charge in [-0.1, -0.05) is 55.9 Å². The zero-order valence-corrected chi connectivity index (χ0v) is 19.2. The number of carboxylic acid groups (broad SMARTS) is 1. The van der Waals surface area contributed by atoms with Gasteiger partial charge < -0.3 is 20.5 Å². The van der Waals surface area contributed by atoms with Crippen LogP contribution in [0.25, 0.3) is 0 Å². The molecule has 2 fully saturated rings. The number of hydrogen-bond donors (Lipinski definition) is 3. The summed E-state index contributed by atoms with van der Waals surface area (Å²) < 4.78 is 6.12. The van der Waals surface area contributed by atoms with E-state index in [1.54, 1.807) is 0 Å². The van der Waals surface area contributed by atoms with Gasteiger partial charge in [0.1, 0.15) is 12.1 Å². The van der Waals surface area contributed by atoms with Crippen LogP contribution in [0.4, 0.5) is 0 Å². The van der Waals surface area contributed by atoms with Crippen LogP contribution in [0.5, 0.6) is 0 Å². The maximum absolute atomic E-state index is 13.2. The summed E-state index contributed by atoms with van der Waals surface area (Å²) in [6.07, 6.45) is 15.6. The summed E-state index contributed by atoms with van der Waals surface area (Å²) >= 11 is 0. The number of allylic oxidation sites excluding steroid dienone is 2. The lowest BCUT2D eigenvalue weighted by molar-refractivity contribution is -0.142. The molecular formula is C25H38N2O5. The van der Waals surface area contributed by atoms with Crippen LogP contribution in [0, 0.1) is 5.92 Å². The minimum absolute atomic E-state index is 0.0535. The molecule has 0 spiro atoms. The monoisotopic (exact) mass is 446 g/mol. The molecule has 7 heteroatoms. The van der Waals surface area contributed by atoms with Crippen molar-refractivity contribution in [1.82, 2.24) is 10.6 Å². The number of ether oxygens (including phenoxy) is 1. The van der Waals surface area contributed by atoms with E-state index in [4.69, 9.17) is 4.74 Å². The van der Waals surface area contributed by atoms with Crippen molar-refractivity contribution >= 4 is 17.8 Å². The van der Waals surface area contributed by atoms with Crippen LogP contribution in [0.1, 0.15) is 84.0 Å². The highest BCUT2D eigenvalue weighted by Crippen LogP contribution is 2.30. The molecule has 32 heavy (non-hydrogen) atoms. The minimum Gasteiger partial charge on any atom is -0.480 e. The lowest BCUT2D eigenvalue weighted by Gasteiger charge is -2.32. The number of nitrogens with one attached hydrogen (secondary N) is 2. The zero-order chi connectivity index (χ0) is 23.0. The molecule has 1 aliphatic heterocycles. The fraction of sp³-hybridized carbons (Fsp3) is 0.720. The Morgan fingerprint density at radius 2 is 1.78 bits per heavy atom. The van der Waals surface area contributed by atoms with Gasteiger partial charge in [0.2, 0.25) is 11.8 Å². The molecule has 3 aliphatic rings. The second kappa shape index (κ2) is 11.6. The van der Waals surface area contributed by atoms with Gasteiger partial charge in [0.05, 0.1) is 5.60 Å². The molecule has 1 saturated carbocycles. The summed E-state index contributed by atoms with van der Waals surface area (Å²) in [5.41, 5.74) is 0.470. The highest BCUT2D eigenvalue weighted by molar-refractivity contribution is 5.90. The molecule has 7 nitrogen and oxygen atoms in total. The van der Waals surface area contributed by atoms with Crippen LogP contribution in [-0.4, -0.2) is 47.2 Å². The number of fused-ring (bicyclic) bond motifs is 2. The summed E-state index contributed by atoms with van der Waals surface area (Å²) in [6, 6.07) is -1.71. The number of aliphatic carboxylic acids is 1. The summed E-state index contributed by atoms with van der Waals surface area (Å²) in [6.45, 7) is 2.64. The SMILES string of the molecule is CC12C=CC=C(C[C@@H](C(=O)O)NC(=O)C(C3CCCCC3)NC(=O)CCCCCCO1)C2. The van der Waals surface area contributed by atoms with E-state index in [9.17, 15) is 19.5 Å². The second-order valence-electron chi connectivity index (χ2n) is 9.73. The summed E-state index contributed by atoms with van der Waals surface area (Å²) in [4.78, 5) is 37.8. The third kappa shape index (κ3) is 7.19. The van der Waals surface area contributed by atoms with E-state index >= 15 is 0 Å². The van der Waals surface area contributed by atoms with Crippen molar-refractivity contribution in [3.63, 3.8) is 0 Å². The molecule has 2 unspecified atom stereocenters. The molecule has 1 heterocycles. The van der Waals surface area contributed by atoms with Crippen LogP contribution in [-0.2, 0) is 19.1 Å². The maximum Gasteiger partial charge on any atom is 0.326 e. The molecule has 0 aromatic heterocycles. The van der Waals surface area contributed by atoms with E-state index in [0.29, 0.717) is 19.4 Å². The standard InChI is InChI=1S/C25H38N2O5/c1-25-14-9-10-18(17-25)16-20(24(30)31)26-23(29)22(19-11-5-4-6-12-19)27-21(28)13-7-2-3-8-15-32-25/h9-10,14,19-20,22H,2-8,11-13,15-17H2,1H3,(H,26,29)(H,27,28)(H,30,31)/t20-,22?,25?/m0/s1. The van der Waals surface area contributed by atoms with Crippen molar-refractivity contribution in [3.8, 4) is 0 Å². The highest BCUT2D eigenvalue weighted by atomic mass is 16.5. The molecule has 3 N–H and O–H groups in total. The number of carbonyl (C=O) groups excluding carboxylic acids is 2. The van der Waals surface area contributed by atoms with Gasteiger partial charge in [-0.3, -0.25) is 9.59 Å². The first kappa shape index (κ1) is 24.5. The Morgan fingerprint density at radius 3 is 2.53 bits per heavy atom. The first-order valence-corrected chi connectivity index (χ1v) is 12.2. The van der Waals surface area contributed by atoms with E-state index in [-0.39, 0.29) is 24.2 Å². The van der Waals surface area contributed by atoms with Gasteiger partial charge in [-0.25, -0.2) is 4.79 Å². The van der Waals surface area contributed by atoms with Crippen LogP contribution in [0.2, 0.25) is 0 Å². The Hall–Kier alpha value is -2.15. The van der Waals surface area contributed by atoms with Crippen molar-refractivity contribution in [2.75, 3.05) is 6.61 Å². The quantitative estimate of drug-likeness (QED) is 0.601. The molecule has 2 bridgehead atoms. The van der Waals surface area contributed by atoms with Gasteiger partial charge >= 0.3 is 5.97 Å². The lowest BCUT2D eigenvalue weighted by Crippen LogP contribution is -2.55. The fourth-order valence-electron chi connectivity index (χ4n) is 5.08. The molecule has 178 valence electrons. The molecule has 2 amide bonds. The molecule has 0 aromatic rings. The normalized spacial score (nSPS) is 31.7. The zero-order valence-electron chi connectivity index (χ0n) is 19.2. The van der Waals surface area contributed by atoms with Gasteiger partial charge in [-0.05, 0) is 44.9 Å². The maximum atomic E-state index is 13.2. The number of carbonyl (C=O) groups is 3. The smallest absolute Gasteiger partial charge is 0.326 e. The molecule has 2 aliphatic carbocycles. The lowest BCUT2D eigenvalue weighted by atomic mass is 9.83. The van der Waals surface area contributed by atoms with Crippen LogP contribution in [0.15, 0.2) is 23.8 Å². The summed E-state index contributed by atoms with van der Waals surface area (Å²) in [7, 11) is 0. The molecule has 3 rings (SSSR count). The Balaban J connectivity index is 1.78. The Bertz CT molecular complexity index is 741. The van der Waals surface area contributed by atoms with Crippen molar-refractivity contribution in [1.29, 1.82) is 0 Å². The van der Waals surface area contributed by atoms with Gasteiger partial charge in [-0.15, -0.1) is 0 Å². The first-order chi connectivity index (χ1) is 15.4. The predicted molar refractivity (Wildman–Crippen MR) is 122 cm³/mol. The molecule has 0 aromatic carbocycles. The first-order valence-electron chi connectivity index (χ1n) is 12.2. The average molecular weight is 447 g/mol. The average Bonchev–Trinajstić information content (AvgIpc) is 2.76. The van der Waals surface area contributed by atoms with E-state index in [0.717, 1.165) is 63.4 Å². The number of hydrogen-bond acceptors (Lipinski definition) is 4. The molecule has 0 radical (unpaired) electrons. The van der Waals surface area contributed by atoms with Crippen molar-refractivity contribution in [3.05, 3.63) is 23.8 Å². The Morgan fingerprint density at radius 1 is 1.06 bits per heavy atom. The highest BCUT2D eigenvalue weighted by Gasteiger charge is 2.34. The molecular weight excluding hydrogens is 408 g/mol. The van der Waals surface area contributed by atoms with Gasteiger partial charge in [-0.2, -0.15) is 0 Å². The summed E-state index contributed by atoms with van der Waals surface area (Å²) in [5.74, 6) is -1.52. The van der Waals surface area contributed by atoms with Gasteiger partial charge in [0.25, 0.3) is 0 Å². The molecule has 1 saturated heterocycles. The van der Waals surface area contributed by atoms with Crippen LogP contribution in [0.3, 0.4) is 0 Å². The molecule has 3 atom stereocenters. The topological polar surface area (TPSA) is 105 Å². The van der Waals surface area contributed by atoms with Crippen LogP contribution < -0.4 is 10.6 Å². The van der Waals surface area contributed by atoms with Crippen LogP contribution >= 0.6 is 0 Å². The van der Waals surface area contributed by atoms with Gasteiger partial charge in [0.15, 0.2) is 0 Å². The van der Waals surface area contributed by atoms with E-state index in [1.165, 1.54) is 0 Å². The third-order valence-corrected chi connectivity index (χ3v) is 6.89.